The summed E-state index contributed by atoms with van der Waals surface area (Å²) in [5.74, 6) is -0.822. The van der Waals surface area contributed by atoms with Crippen molar-refractivity contribution in [1.29, 1.82) is 0 Å². The maximum Gasteiger partial charge on any atom is 0.370 e. The molecular weight excluding hydrogens is 339 g/mol. The quantitative estimate of drug-likeness (QED) is 0.328. The molecule has 0 amide bonds. The van der Waals surface area contributed by atoms with Gasteiger partial charge < -0.3 is 19.1 Å². The highest BCUT2D eigenvalue weighted by Crippen LogP contribution is 2.56. The number of methoxy groups -OCH3 is 1. The number of nitrogens with one attached hydrogen (secondary N) is 1. The van der Waals surface area contributed by atoms with Crippen molar-refractivity contribution in [3.8, 4) is 0 Å². The Morgan fingerprint density at radius 1 is 1.39 bits per heavy atom. The van der Waals surface area contributed by atoms with Crippen LogP contribution < -0.4 is 5.32 Å². The standard InChI is InChI=1S/C14H19N2O5PS/c1-4-20-22(18,21-5-2)12(14(17)19-3)10-16-13(23)11-7-6-8-15-9-11/h6-10H,4-5H2,1-3H3,(H,16,23)/b12-10-. The zero-order valence-corrected chi connectivity index (χ0v) is 14.9. The van der Waals surface area contributed by atoms with E-state index < -0.39 is 13.6 Å². The second-order valence-electron chi connectivity index (χ2n) is 4.07. The minimum atomic E-state index is -3.80. The van der Waals surface area contributed by atoms with Gasteiger partial charge in [-0.3, -0.25) is 9.55 Å². The van der Waals surface area contributed by atoms with Gasteiger partial charge in [-0.1, -0.05) is 12.2 Å². The average molecular weight is 358 g/mol. The Bertz CT molecular complexity index is 611. The lowest BCUT2D eigenvalue weighted by Gasteiger charge is -2.18. The number of hydrogen-bond donors (Lipinski definition) is 1. The first-order valence-electron chi connectivity index (χ1n) is 6.87. The normalized spacial score (nSPS) is 11.9. The highest BCUT2D eigenvalue weighted by molar-refractivity contribution is 7.80. The maximum absolute atomic E-state index is 12.8. The van der Waals surface area contributed by atoms with Gasteiger partial charge in [-0.15, -0.1) is 0 Å². The van der Waals surface area contributed by atoms with E-state index in [1.165, 1.54) is 13.3 Å². The number of carbonyl (C=O) groups excluding carboxylic acids is 1. The Morgan fingerprint density at radius 2 is 2.04 bits per heavy atom. The van der Waals surface area contributed by atoms with Crippen molar-refractivity contribution < 1.29 is 23.1 Å². The van der Waals surface area contributed by atoms with Crippen molar-refractivity contribution in [2.75, 3.05) is 20.3 Å². The highest BCUT2D eigenvalue weighted by atomic mass is 32.1. The van der Waals surface area contributed by atoms with Crippen molar-refractivity contribution >= 4 is 30.8 Å². The molecule has 0 bridgehead atoms. The lowest BCUT2D eigenvalue weighted by atomic mass is 10.3. The topological polar surface area (TPSA) is 86.8 Å². The van der Waals surface area contributed by atoms with E-state index in [0.29, 0.717) is 10.6 Å². The van der Waals surface area contributed by atoms with Crippen LogP contribution in [0.2, 0.25) is 0 Å². The van der Waals surface area contributed by atoms with E-state index in [9.17, 15) is 9.36 Å². The van der Waals surface area contributed by atoms with Gasteiger partial charge >= 0.3 is 13.6 Å². The first kappa shape index (κ1) is 19.4. The molecule has 0 spiro atoms. The molecule has 126 valence electrons. The monoisotopic (exact) mass is 358 g/mol. The Labute approximate surface area is 140 Å². The number of nitrogens with zero attached hydrogens (tertiary/aromatic N) is 1. The van der Waals surface area contributed by atoms with Crippen LogP contribution in [0.1, 0.15) is 19.4 Å². The van der Waals surface area contributed by atoms with Gasteiger partial charge in [-0.05, 0) is 26.0 Å². The molecule has 1 aromatic rings. The molecule has 0 aliphatic carbocycles. The first-order chi connectivity index (χ1) is 11.0. The van der Waals surface area contributed by atoms with Crippen molar-refractivity contribution in [2.24, 2.45) is 0 Å². The summed E-state index contributed by atoms with van der Waals surface area (Å²) in [5, 5.41) is 2.48. The van der Waals surface area contributed by atoms with Crippen LogP contribution in [0, 0.1) is 0 Å². The van der Waals surface area contributed by atoms with Crippen LogP contribution in [0.4, 0.5) is 0 Å². The van der Waals surface area contributed by atoms with Gasteiger partial charge in [-0.2, -0.15) is 0 Å². The summed E-state index contributed by atoms with van der Waals surface area (Å²) in [7, 11) is -2.62. The van der Waals surface area contributed by atoms with Crippen LogP contribution in [-0.4, -0.2) is 36.3 Å². The minimum absolute atomic E-state index is 0.110. The molecule has 0 fully saturated rings. The van der Waals surface area contributed by atoms with Crippen LogP contribution >= 0.6 is 19.8 Å². The molecule has 1 N–H and O–H groups in total. The lowest BCUT2D eigenvalue weighted by molar-refractivity contribution is -0.135. The fraction of sp³-hybridized carbons (Fsp3) is 0.357. The average Bonchev–Trinajstić information content (AvgIpc) is 2.55. The molecule has 0 saturated carbocycles. The molecule has 0 aromatic carbocycles. The van der Waals surface area contributed by atoms with Crippen molar-refractivity contribution in [3.63, 3.8) is 0 Å². The summed E-state index contributed by atoms with van der Waals surface area (Å²) >= 11 is 5.19. The van der Waals surface area contributed by atoms with Crippen LogP contribution in [0.25, 0.3) is 0 Å². The number of hydrogen-bond acceptors (Lipinski definition) is 7. The smallest absolute Gasteiger partial charge is 0.370 e. The molecule has 1 rings (SSSR count). The summed E-state index contributed by atoms with van der Waals surface area (Å²) < 4.78 is 27.7. The Balaban J connectivity index is 3.08. The van der Waals surface area contributed by atoms with Crippen molar-refractivity contribution in [1.82, 2.24) is 10.3 Å². The largest absolute Gasteiger partial charge is 0.465 e. The van der Waals surface area contributed by atoms with Crippen molar-refractivity contribution in [3.05, 3.63) is 41.6 Å². The van der Waals surface area contributed by atoms with Crippen LogP contribution in [0.3, 0.4) is 0 Å². The molecule has 1 heterocycles. The molecule has 7 nitrogen and oxygen atoms in total. The third kappa shape index (κ3) is 5.51. The molecule has 1 aromatic heterocycles. The van der Waals surface area contributed by atoms with Crippen LogP contribution in [0.15, 0.2) is 36.0 Å². The van der Waals surface area contributed by atoms with Gasteiger partial charge in [0.05, 0.1) is 20.3 Å². The predicted molar refractivity (Wildman–Crippen MR) is 90.0 cm³/mol. The fourth-order valence-electron chi connectivity index (χ4n) is 1.58. The molecule has 0 aliphatic rings. The summed E-state index contributed by atoms with van der Waals surface area (Å²) in [4.78, 5) is 16.2. The Hall–Kier alpha value is -1.60. The second kappa shape index (κ2) is 9.52. The van der Waals surface area contributed by atoms with Crippen molar-refractivity contribution in [2.45, 2.75) is 13.8 Å². The number of ether oxygens (including phenoxy) is 1. The van der Waals surface area contributed by atoms with E-state index in [0.717, 1.165) is 0 Å². The van der Waals surface area contributed by atoms with Gasteiger partial charge in [0.15, 0.2) is 5.31 Å². The van der Waals surface area contributed by atoms with E-state index in [1.807, 2.05) is 0 Å². The van der Waals surface area contributed by atoms with Crippen LogP contribution in [-0.2, 0) is 23.1 Å². The SMILES string of the molecule is CCOP(=O)(OCC)/C(=C\NC(=S)c1cccnc1)C(=O)OC. The summed E-state index contributed by atoms with van der Waals surface area (Å²) in [5.41, 5.74) is 0.644. The molecule has 9 heteroatoms. The molecule has 0 atom stereocenters. The summed E-state index contributed by atoms with van der Waals surface area (Å²) in [6.45, 7) is 3.51. The number of thiocarbonyl (C=S) groups is 1. The van der Waals surface area contributed by atoms with E-state index in [-0.39, 0.29) is 18.5 Å². The van der Waals surface area contributed by atoms with Gasteiger partial charge in [0.2, 0.25) is 0 Å². The molecular formula is C14H19N2O5PS. The second-order valence-corrected chi connectivity index (χ2v) is 6.47. The molecule has 0 saturated heterocycles. The highest BCUT2D eigenvalue weighted by Gasteiger charge is 2.36. The number of aromatic nitrogens is 1. The Morgan fingerprint density at radius 3 is 2.52 bits per heavy atom. The van der Waals surface area contributed by atoms with E-state index in [1.54, 1.807) is 38.4 Å². The molecule has 0 radical (unpaired) electrons. The van der Waals surface area contributed by atoms with Crippen LogP contribution in [0.5, 0.6) is 0 Å². The molecule has 0 unspecified atom stereocenters. The third-order valence-electron chi connectivity index (χ3n) is 2.55. The summed E-state index contributed by atoms with van der Waals surface area (Å²) in [6, 6.07) is 3.47. The molecule has 0 aliphatic heterocycles. The predicted octanol–water partition coefficient (Wildman–Crippen LogP) is 2.63. The number of carbonyl (C=O) groups is 1. The van der Waals surface area contributed by atoms with Gasteiger partial charge in [0.1, 0.15) is 4.99 Å². The number of pyridine rings is 1. The first-order valence-corrected chi connectivity index (χ1v) is 8.82. The minimum Gasteiger partial charge on any atom is -0.465 e. The van der Waals surface area contributed by atoms with E-state index in [4.69, 9.17) is 21.3 Å². The Kier molecular flexibility index (Phi) is 8.05. The third-order valence-corrected chi connectivity index (χ3v) is 5.00. The number of esters is 1. The van der Waals surface area contributed by atoms with Gasteiger partial charge in [-0.25, -0.2) is 4.79 Å². The van der Waals surface area contributed by atoms with E-state index in [2.05, 4.69) is 15.0 Å². The summed E-state index contributed by atoms with van der Waals surface area (Å²) in [6.07, 6.45) is 4.36. The number of rotatable bonds is 8. The maximum atomic E-state index is 12.8. The fourth-order valence-corrected chi connectivity index (χ4v) is 3.33. The van der Waals surface area contributed by atoms with Gasteiger partial charge in [0, 0.05) is 24.2 Å². The van der Waals surface area contributed by atoms with E-state index >= 15 is 0 Å². The molecule has 23 heavy (non-hydrogen) atoms. The lowest BCUT2D eigenvalue weighted by Crippen LogP contribution is -2.19. The zero-order chi connectivity index (χ0) is 17.3. The van der Waals surface area contributed by atoms with Gasteiger partial charge in [0.25, 0.3) is 0 Å². The zero-order valence-electron chi connectivity index (χ0n) is 13.1.